The molecule has 0 aromatic heterocycles. The highest BCUT2D eigenvalue weighted by molar-refractivity contribution is 7.92. The Balaban J connectivity index is 1.56. The second kappa shape index (κ2) is 9.28. The minimum atomic E-state index is -3.40. The van der Waals surface area contributed by atoms with Crippen molar-refractivity contribution in [1.82, 2.24) is 10.2 Å². The van der Waals surface area contributed by atoms with Gasteiger partial charge in [0.1, 0.15) is 5.75 Å². The van der Waals surface area contributed by atoms with Crippen LogP contribution in [0.5, 0.6) is 5.75 Å². The number of anilines is 1. The molecule has 7 nitrogen and oxygen atoms in total. The Kier molecular flexibility index (Phi) is 6.76. The first-order valence-corrected chi connectivity index (χ1v) is 11.5. The van der Waals surface area contributed by atoms with Crippen LogP contribution < -0.4 is 14.8 Å². The summed E-state index contributed by atoms with van der Waals surface area (Å²) in [6.45, 7) is 2.77. The van der Waals surface area contributed by atoms with E-state index in [0.717, 1.165) is 38.7 Å². The molecule has 156 valence electrons. The molecule has 0 radical (unpaired) electrons. The summed E-state index contributed by atoms with van der Waals surface area (Å²) in [5, 5.41) is 3.08. The zero-order valence-electron chi connectivity index (χ0n) is 16.7. The molecule has 2 aromatic rings. The lowest BCUT2D eigenvalue weighted by molar-refractivity contribution is 0.0906. The highest BCUT2D eigenvalue weighted by atomic mass is 32.2. The molecule has 2 N–H and O–H groups in total. The normalized spacial score (nSPS) is 15.7. The van der Waals surface area contributed by atoms with Crippen molar-refractivity contribution in [3.8, 4) is 5.75 Å². The summed E-state index contributed by atoms with van der Waals surface area (Å²) in [6.07, 6.45) is 2.84. The number of rotatable bonds is 7. The van der Waals surface area contributed by atoms with E-state index in [1.54, 1.807) is 12.1 Å². The van der Waals surface area contributed by atoms with Crippen LogP contribution in [-0.4, -0.2) is 51.7 Å². The number of hydrogen-bond acceptors (Lipinski definition) is 5. The van der Waals surface area contributed by atoms with Gasteiger partial charge in [-0.15, -0.1) is 0 Å². The molecular formula is C21H27N3O4S. The lowest BCUT2D eigenvalue weighted by Gasteiger charge is -2.32. The van der Waals surface area contributed by atoms with Gasteiger partial charge in [0.15, 0.2) is 0 Å². The second-order valence-corrected chi connectivity index (χ2v) is 9.05. The van der Waals surface area contributed by atoms with Crippen molar-refractivity contribution in [2.75, 3.05) is 31.2 Å². The van der Waals surface area contributed by atoms with Crippen molar-refractivity contribution < 1.29 is 17.9 Å². The number of carbonyl (C=O) groups excluding carboxylic acids is 1. The molecule has 0 unspecified atom stereocenters. The molecule has 0 spiro atoms. The quantitative estimate of drug-likeness (QED) is 0.723. The van der Waals surface area contributed by atoms with Crippen LogP contribution in [0.3, 0.4) is 0 Å². The number of nitrogens with zero attached hydrogens (tertiary/aromatic N) is 1. The number of benzene rings is 2. The van der Waals surface area contributed by atoms with E-state index < -0.39 is 10.0 Å². The van der Waals surface area contributed by atoms with Gasteiger partial charge in [-0.05, 0) is 30.5 Å². The fourth-order valence-electron chi connectivity index (χ4n) is 3.50. The van der Waals surface area contributed by atoms with Gasteiger partial charge in [0, 0.05) is 31.7 Å². The van der Waals surface area contributed by atoms with E-state index in [9.17, 15) is 13.2 Å². The monoisotopic (exact) mass is 417 g/mol. The molecule has 0 saturated carbocycles. The van der Waals surface area contributed by atoms with Gasteiger partial charge in [-0.2, -0.15) is 0 Å². The summed E-state index contributed by atoms with van der Waals surface area (Å²) in [5.41, 5.74) is 2.04. The average molecular weight is 418 g/mol. The van der Waals surface area contributed by atoms with Gasteiger partial charge in [-0.25, -0.2) is 8.42 Å². The van der Waals surface area contributed by atoms with Gasteiger partial charge in [0.25, 0.3) is 5.91 Å². The summed E-state index contributed by atoms with van der Waals surface area (Å²) < 4.78 is 30.5. The maximum absolute atomic E-state index is 12.7. The molecule has 2 aromatic carbocycles. The standard InChI is InChI=1S/C21H27N3O4S/c1-28-20-14-18(23-29(2,26)27)8-9-19(20)21(25)22-17-10-12-24(13-11-17)15-16-6-4-3-5-7-16/h3-9,14,17,23H,10-13,15H2,1-2H3,(H,22,25). The van der Waals surface area contributed by atoms with Crippen LogP contribution >= 0.6 is 0 Å². The van der Waals surface area contributed by atoms with Gasteiger partial charge in [-0.1, -0.05) is 30.3 Å². The fraction of sp³-hybridized carbons (Fsp3) is 0.381. The van der Waals surface area contributed by atoms with Crippen molar-refractivity contribution >= 4 is 21.6 Å². The lowest BCUT2D eigenvalue weighted by Crippen LogP contribution is -2.44. The average Bonchev–Trinajstić information content (AvgIpc) is 2.69. The zero-order chi connectivity index (χ0) is 20.9. The van der Waals surface area contributed by atoms with E-state index in [0.29, 0.717) is 17.0 Å². The molecule has 1 aliphatic rings. The van der Waals surface area contributed by atoms with Crippen molar-refractivity contribution in [2.24, 2.45) is 0 Å². The van der Waals surface area contributed by atoms with Crippen molar-refractivity contribution in [3.63, 3.8) is 0 Å². The Hall–Kier alpha value is -2.58. The number of amides is 1. The summed E-state index contributed by atoms with van der Waals surface area (Å²) in [5.74, 6) is 0.118. The number of sulfonamides is 1. The first-order chi connectivity index (χ1) is 13.8. The maximum Gasteiger partial charge on any atom is 0.255 e. The molecule has 8 heteroatoms. The first-order valence-electron chi connectivity index (χ1n) is 9.57. The minimum absolute atomic E-state index is 0.105. The van der Waals surface area contributed by atoms with Crippen LogP contribution in [0.25, 0.3) is 0 Å². The Labute approximate surface area is 172 Å². The minimum Gasteiger partial charge on any atom is -0.496 e. The predicted octanol–water partition coefficient (Wildman–Crippen LogP) is 2.46. The van der Waals surface area contributed by atoms with E-state index >= 15 is 0 Å². The highest BCUT2D eigenvalue weighted by Gasteiger charge is 2.22. The molecule has 0 aliphatic carbocycles. The zero-order valence-corrected chi connectivity index (χ0v) is 17.5. The van der Waals surface area contributed by atoms with E-state index in [2.05, 4.69) is 27.1 Å². The molecule has 0 atom stereocenters. The number of ether oxygens (including phenoxy) is 1. The van der Waals surface area contributed by atoms with E-state index in [1.807, 2.05) is 18.2 Å². The number of nitrogens with one attached hydrogen (secondary N) is 2. The van der Waals surface area contributed by atoms with Crippen LogP contribution in [0.4, 0.5) is 5.69 Å². The Morgan fingerprint density at radius 2 is 1.83 bits per heavy atom. The summed E-state index contributed by atoms with van der Waals surface area (Å²) >= 11 is 0. The molecule has 3 rings (SSSR count). The highest BCUT2D eigenvalue weighted by Crippen LogP contribution is 2.24. The van der Waals surface area contributed by atoms with Crippen molar-refractivity contribution in [2.45, 2.75) is 25.4 Å². The summed E-state index contributed by atoms with van der Waals surface area (Å²) in [4.78, 5) is 15.1. The van der Waals surface area contributed by atoms with Crippen LogP contribution in [-0.2, 0) is 16.6 Å². The van der Waals surface area contributed by atoms with Crippen molar-refractivity contribution in [1.29, 1.82) is 0 Å². The van der Waals surface area contributed by atoms with Crippen LogP contribution in [0, 0.1) is 0 Å². The predicted molar refractivity (Wildman–Crippen MR) is 114 cm³/mol. The number of methoxy groups -OCH3 is 1. The van der Waals surface area contributed by atoms with E-state index in [1.165, 1.54) is 18.7 Å². The van der Waals surface area contributed by atoms with Gasteiger partial charge in [0.2, 0.25) is 10.0 Å². The largest absolute Gasteiger partial charge is 0.496 e. The van der Waals surface area contributed by atoms with E-state index in [-0.39, 0.29) is 11.9 Å². The molecule has 1 fully saturated rings. The van der Waals surface area contributed by atoms with Gasteiger partial charge >= 0.3 is 0 Å². The third-order valence-electron chi connectivity index (χ3n) is 4.92. The van der Waals surface area contributed by atoms with Gasteiger partial charge in [-0.3, -0.25) is 14.4 Å². The van der Waals surface area contributed by atoms with Crippen LogP contribution in [0.15, 0.2) is 48.5 Å². The molecule has 1 aliphatic heterocycles. The third-order valence-corrected chi connectivity index (χ3v) is 5.53. The van der Waals surface area contributed by atoms with Crippen LogP contribution in [0.2, 0.25) is 0 Å². The molecule has 1 amide bonds. The summed E-state index contributed by atoms with van der Waals surface area (Å²) in [7, 11) is -1.94. The number of carbonyl (C=O) groups is 1. The second-order valence-electron chi connectivity index (χ2n) is 7.30. The molecular weight excluding hydrogens is 390 g/mol. The lowest BCUT2D eigenvalue weighted by atomic mass is 10.0. The first kappa shape index (κ1) is 21.1. The fourth-order valence-corrected chi connectivity index (χ4v) is 4.05. The summed E-state index contributed by atoms with van der Waals surface area (Å²) in [6, 6.07) is 15.1. The van der Waals surface area contributed by atoms with Crippen molar-refractivity contribution in [3.05, 3.63) is 59.7 Å². The number of likely N-dealkylation sites (tertiary alicyclic amines) is 1. The smallest absolute Gasteiger partial charge is 0.255 e. The SMILES string of the molecule is COc1cc(NS(C)(=O)=O)ccc1C(=O)NC1CCN(Cc2ccccc2)CC1. The molecule has 1 heterocycles. The number of hydrogen-bond donors (Lipinski definition) is 2. The molecule has 0 bridgehead atoms. The molecule has 1 saturated heterocycles. The maximum atomic E-state index is 12.7. The Morgan fingerprint density at radius 1 is 1.14 bits per heavy atom. The third kappa shape index (κ3) is 6.20. The Bertz CT molecular complexity index is 940. The van der Waals surface area contributed by atoms with Gasteiger partial charge < -0.3 is 10.1 Å². The van der Waals surface area contributed by atoms with Crippen LogP contribution in [0.1, 0.15) is 28.8 Å². The molecule has 29 heavy (non-hydrogen) atoms. The topological polar surface area (TPSA) is 87.7 Å². The van der Waals surface area contributed by atoms with Gasteiger partial charge in [0.05, 0.1) is 24.6 Å². The Morgan fingerprint density at radius 3 is 2.45 bits per heavy atom. The van der Waals surface area contributed by atoms with E-state index in [4.69, 9.17) is 4.74 Å². The number of piperidine rings is 1.